The molecule has 31 heavy (non-hydrogen) atoms. The Balaban J connectivity index is 1.22. The van der Waals surface area contributed by atoms with Gasteiger partial charge in [0.25, 0.3) is 0 Å². The first-order chi connectivity index (χ1) is 15.1. The Morgan fingerprint density at radius 2 is 1.97 bits per heavy atom. The molecule has 2 aromatic heterocycles. The van der Waals surface area contributed by atoms with Gasteiger partial charge in [-0.05, 0) is 56.2 Å². The van der Waals surface area contributed by atoms with Crippen molar-refractivity contribution in [3.63, 3.8) is 0 Å². The molecule has 1 aromatic carbocycles. The molecule has 0 unspecified atom stereocenters. The number of hydrogen-bond acceptors (Lipinski definition) is 6. The van der Waals surface area contributed by atoms with E-state index in [2.05, 4.69) is 20.2 Å². The zero-order valence-electron chi connectivity index (χ0n) is 18.0. The van der Waals surface area contributed by atoms with Crippen LogP contribution in [0.4, 0.5) is 5.82 Å². The molecule has 0 atom stereocenters. The van der Waals surface area contributed by atoms with Crippen molar-refractivity contribution in [3.05, 3.63) is 60.2 Å². The van der Waals surface area contributed by atoms with Gasteiger partial charge in [0.05, 0.1) is 13.3 Å². The van der Waals surface area contributed by atoms with Crippen molar-refractivity contribution in [1.82, 2.24) is 15.3 Å². The molecule has 7 nitrogen and oxygen atoms in total. The summed E-state index contributed by atoms with van der Waals surface area (Å²) in [6.45, 7) is 3.79. The highest BCUT2D eigenvalue weighted by Gasteiger charge is 2.21. The number of benzene rings is 1. The molecule has 1 amide bonds. The topological polar surface area (TPSA) is 80.5 Å². The molecule has 0 aliphatic carbocycles. The van der Waals surface area contributed by atoms with Crippen molar-refractivity contribution in [2.24, 2.45) is 0 Å². The average Bonchev–Trinajstić information content (AvgIpc) is 3.27. The van der Waals surface area contributed by atoms with Crippen LogP contribution in [0.5, 0.6) is 5.75 Å². The number of oxazole rings is 1. The minimum atomic E-state index is 0.0383. The molecule has 1 aliphatic heterocycles. The van der Waals surface area contributed by atoms with E-state index in [4.69, 9.17) is 9.15 Å². The summed E-state index contributed by atoms with van der Waals surface area (Å²) >= 11 is 0. The highest BCUT2D eigenvalue weighted by molar-refractivity contribution is 5.76. The fraction of sp³-hybridized carbons (Fsp3) is 0.375. The fourth-order valence-electron chi connectivity index (χ4n) is 3.79. The number of aryl methyl sites for hydroxylation is 2. The van der Waals surface area contributed by atoms with Gasteiger partial charge < -0.3 is 19.4 Å². The zero-order chi connectivity index (χ0) is 21.6. The fourth-order valence-corrected chi connectivity index (χ4v) is 3.79. The van der Waals surface area contributed by atoms with Gasteiger partial charge in [-0.3, -0.25) is 4.79 Å². The van der Waals surface area contributed by atoms with Gasteiger partial charge in [0.1, 0.15) is 11.6 Å². The number of piperidine rings is 1. The largest absolute Gasteiger partial charge is 0.497 e. The van der Waals surface area contributed by atoms with Crippen LogP contribution in [0.15, 0.2) is 53.1 Å². The molecule has 0 saturated carbocycles. The number of ether oxygens (including phenoxy) is 1. The van der Waals surface area contributed by atoms with Gasteiger partial charge in [-0.2, -0.15) is 0 Å². The van der Waals surface area contributed by atoms with Crippen molar-refractivity contribution in [3.8, 4) is 17.1 Å². The maximum Gasteiger partial charge on any atom is 0.220 e. The average molecular weight is 421 g/mol. The number of nitrogens with zero attached hydrogens (tertiary/aromatic N) is 3. The number of nitrogens with one attached hydrogen (secondary N) is 1. The first kappa shape index (κ1) is 20.9. The van der Waals surface area contributed by atoms with Crippen LogP contribution in [0, 0.1) is 6.92 Å². The van der Waals surface area contributed by atoms with Crippen LogP contribution in [-0.4, -0.2) is 42.1 Å². The zero-order valence-corrected chi connectivity index (χ0v) is 18.0. The van der Waals surface area contributed by atoms with Crippen LogP contribution in [0.2, 0.25) is 0 Å². The lowest BCUT2D eigenvalue weighted by atomic mass is 10.0. The number of pyridine rings is 1. The number of amides is 1. The van der Waals surface area contributed by atoms with E-state index in [0.29, 0.717) is 24.5 Å². The lowest BCUT2D eigenvalue weighted by molar-refractivity contribution is -0.122. The standard InChI is InChI=1S/C24H28N4O3/c1-17-4-3-5-22(26-17)28-14-12-19(13-15-28)27-23(29)10-11-24-25-16-21(31-24)18-6-8-20(30-2)9-7-18/h3-9,16,19H,10-15H2,1-2H3,(H,27,29). The number of methoxy groups -OCH3 is 1. The molecule has 162 valence electrons. The SMILES string of the molecule is COc1ccc(-c2cnc(CCC(=O)NC3CCN(c4cccc(C)n4)CC3)o2)cc1. The number of anilines is 1. The van der Waals surface area contributed by atoms with Crippen molar-refractivity contribution >= 4 is 11.7 Å². The first-order valence-electron chi connectivity index (χ1n) is 10.7. The Labute approximate surface area is 182 Å². The molecular weight excluding hydrogens is 392 g/mol. The van der Waals surface area contributed by atoms with E-state index in [9.17, 15) is 4.79 Å². The van der Waals surface area contributed by atoms with E-state index in [-0.39, 0.29) is 11.9 Å². The van der Waals surface area contributed by atoms with Crippen LogP contribution >= 0.6 is 0 Å². The Kier molecular flexibility index (Phi) is 6.50. The Morgan fingerprint density at radius 3 is 2.68 bits per heavy atom. The summed E-state index contributed by atoms with van der Waals surface area (Å²) in [4.78, 5) is 23.6. The number of carbonyl (C=O) groups excluding carboxylic acids is 1. The second-order valence-electron chi connectivity index (χ2n) is 7.81. The van der Waals surface area contributed by atoms with Crippen molar-refractivity contribution in [1.29, 1.82) is 0 Å². The van der Waals surface area contributed by atoms with Gasteiger partial charge in [-0.25, -0.2) is 9.97 Å². The molecule has 0 spiro atoms. The first-order valence-corrected chi connectivity index (χ1v) is 10.7. The van der Waals surface area contributed by atoms with E-state index in [0.717, 1.165) is 48.8 Å². The van der Waals surface area contributed by atoms with Gasteiger partial charge in [0.2, 0.25) is 5.91 Å². The molecule has 3 aromatic rings. The Hall–Kier alpha value is -3.35. The summed E-state index contributed by atoms with van der Waals surface area (Å²) in [6, 6.07) is 13.9. The van der Waals surface area contributed by atoms with Crippen molar-refractivity contribution < 1.29 is 13.9 Å². The van der Waals surface area contributed by atoms with E-state index in [1.54, 1.807) is 13.3 Å². The van der Waals surface area contributed by atoms with Crippen LogP contribution in [-0.2, 0) is 11.2 Å². The highest BCUT2D eigenvalue weighted by atomic mass is 16.5. The number of carbonyl (C=O) groups is 1. The van der Waals surface area contributed by atoms with Gasteiger partial charge in [0, 0.05) is 43.2 Å². The quantitative estimate of drug-likeness (QED) is 0.627. The van der Waals surface area contributed by atoms with Crippen LogP contribution in [0.1, 0.15) is 30.8 Å². The molecule has 1 N–H and O–H groups in total. The molecule has 1 aliphatic rings. The predicted molar refractivity (Wildman–Crippen MR) is 119 cm³/mol. The van der Waals surface area contributed by atoms with Gasteiger partial charge in [0.15, 0.2) is 11.7 Å². The van der Waals surface area contributed by atoms with E-state index >= 15 is 0 Å². The lowest BCUT2D eigenvalue weighted by Gasteiger charge is -2.33. The third-order valence-electron chi connectivity index (χ3n) is 5.55. The van der Waals surface area contributed by atoms with Gasteiger partial charge >= 0.3 is 0 Å². The lowest BCUT2D eigenvalue weighted by Crippen LogP contribution is -2.45. The minimum Gasteiger partial charge on any atom is -0.497 e. The Morgan fingerprint density at radius 1 is 1.19 bits per heavy atom. The normalized spacial score (nSPS) is 14.5. The highest BCUT2D eigenvalue weighted by Crippen LogP contribution is 2.23. The van der Waals surface area contributed by atoms with Crippen molar-refractivity contribution in [2.75, 3.05) is 25.1 Å². The molecule has 3 heterocycles. The van der Waals surface area contributed by atoms with E-state index < -0.39 is 0 Å². The van der Waals surface area contributed by atoms with Crippen LogP contribution in [0.25, 0.3) is 11.3 Å². The van der Waals surface area contributed by atoms with Gasteiger partial charge in [-0.1, -0.05) is 6.07 Å². The molecule has 7 heteroatoms. The van der Waals surface area contributed by atoms with Gasteiger partial charge in [-0.15, -0.1) is 0 Å². The third-order valence-corrected chi connectivity index (χ3v) is 5.55. The summed E-state index contributed by atoms with van der Waals surface area (Å²) in [6.07, 6.45) is 4.38. The number of hydrogen-bond donors (Lipinski definition) is 1. The molecular formula is C24H28N4O3. The smallest absolute Gasteiger partial charge is 0.220 e. The maximum atomic E-state index is 12.4. The maximum absolute atomic E-state index is 12.4. The second kappa shape index (κ2) is 9.64. The molecule has 1 saturated heterocycles. The summed E-state index contributed by atoms with van der Waals surface area (Å²) < 4.78 is 11.0. The number of rotatable bonds is 7. The summed E-state index contributed by atoms with van der Waals surface area (Å²) in [5.41, 5.74) is 1.95. The van der Waals surface area contributed by atoms with Crippen LogP contribution < -0.4 is 15.0 Å². The monoisotopic (exact) mass is 420 g/mol. The van der Waals surface area contributed by atoms with E-state index in [1.807, 2.05) is 49.4 Å². The van der Waals surface area contributed by atoms with Crippen molar-refractivity contribution in [2.45, 2.75) is 38.6 Å². The molecule has 0 radical (unpaired) electrons. The van der Waals surface area contributed by atoms with Crippen LogP contribution in [0.3, 0.4) is 0 Å². The Bertz CT molecular complexity index is 1010. The summed E-state index contributed by atoms with van der Waals surface area (Å²) in [5, 5.41) is 3.15. The molecule has 4 rings (SSSR count). The minimum absolute atomic E-state index is 0.0383. The molecule has 0 bridgehead atoms. The summed E-state index contributed by atoms with van der Waals surface area (Å²) in [7, 11) is 1.64. The third kappa shape index (κ3) is 5.42. The second-order valence-corrected chi connectivity index (χ2v) is 7.81. The number of aromatic nitrogens is 2. The predicted octanol–water partition coefficient (Wildman–Crippen LogP) is 3.77. The summed E-state index contributed by atoms with van der Waals surface area (Å²) in [5.74, 6) is 3.11. The molecule has 1 fully saturated rings. The van der Waals surface area contributed by atoms with E-state index in [1.165, 1.54) is 0 Å².